The molecule has 1 aromatic rings. The standard InChI is InChI=1S/C19H23BrN2O2S/c1-3-24-17-10-9-14(20)11-13(17)12-16-18(23)22(19(25)21(16)2)15-7-5-4-6-8-15/h9-12,15H,3-8H2,1-2H3/b16-12-. The number of carbonyl (C=O) groups excluding carboxylic acids is 1. The van der Waals surface area contributed by atoms with Crippen LogP contribution in [-0.4, -0.2) is 40.5 Å². The Morgan fingerprint density at radius 3 is 2.72 bits per heavy atom. The molecule has 0 unspecified atom stereocenters. The molecular weight excluding hydrogens is 400 g/mol. The summed E-state index contributed by atoms with van der Waals surface area (Å²) in [5.74, 6) is 0.767. The molecule has 2 fully saturated rings. The van der Waals surface area contributed by atoms with E-state index in [4.69, 9.17) is 17.0 Å². The predicted molar refractivity (Wildman–Crippen MR) is 107 cm³/mol. The minimum atomic E-state index is 0.00169. The molecule has 0 radical (unpaired) electrons. The molecule has 1 amide bonds. The van der Waals surface area contributed by atoms with Gasteiger partial charge in [0.15, 0.2) is 5.11 Å². The molecule has 0 aromatic heterocycles. The number of likely N-dealkylation sites (N-methyl/N-ethyl adjacent to an activating group) is 1. The van der Waals surface area contributed by atoms with Gasteiger partial charge in [-0.05, 0) is 56.3 Å². The number of benzene rings is 1. The first-order valence-electron chi connectivity index (χ1n) is 8.78. The molecule has 1 aliphatic heterocycles. The number of hydrogen-bond acceptors (Lipinski definition) is 3. The zero-order chi connectivity index (χ0) is 18.0. The Bertz CT molecular complexity index is 713. The minimum Gasteiger partial charge on any atom is -0.493 e. The van der Waals surface area contributed by atoms with E-state index in [9.17, 15) is 4.79 Å². The van der Waals surface area contributed by atoms with Gasteiger partial charge in [-0.1, -0.05) is 35.2 Å². The van der Waals surface area contributed by atoms with E-state index >= 15 is 0 Å². The van der Waals surface area contributed by atoms with Crippen LogP contribution in [0.1, 0.15) is 44.6 Å². The molecule has 134 valence electrons. The van der Waals surface area contributed by atoms with E-state index in [1.807, 2.05) is 48.0 Å². The molecule has 6 heteroatoms. The van der Waals surface area contributed by atoms with Crippen LogP contribution in [0.3, 0.4) is 0 Å². The summed E-state index contributed by atoms with van der Waals surface area (Å²) in [6.07, 6.45) is 7.54. The van der Waals surface area contributed by atoms with Gasteiger partial charge in [0, 0.05) is 23.1 Å². The molecule has 1 aromatic carbocycles. The average Bonchev–Trinajstić information content (AvgIpc) is 2.82. The quantitative estimate of drug-likeness (QED) is 0.524. The van der Waals surface area contributed by atoms with Gasteiger partial charge in [0.25, 0.3) is 5.91 Å². The summed E-state index contributed by atoms with van der Waals surface area (Å²) in [6.45, 7) is 2.53. The SMILES string of the molecule is CCOc1ccc(Br)cc1/C=C1/C(=O)N(C2CCCCC2)C(=S)N1C. The second kappa shape index (κ2) is 7.87. The Balaban J connectivity index is 1.94. The third kappa shape index (κ3) is 3.75. The monoisotopic (exact) mass is 422 g/mol. The summed E-state index contributed by atoms with van der Waals surface area (Å²) >= 11 is 9.07. The van der Waals surface area contributed by atoms with Gasteiger partial charge in [0.05, 0.1) is 6.61 Å². The van der Waals surface area contributed by atoms with Gasteiger partial charge in [-0.15, -0.1) is 0 Å². The maximum Gasteiger partial charge on any atom is 0.277 e. The average molecular weight is 423 g/mol. The topological polar surface area (TPSA) is 32.8 Å². The third-order valence-electron chi connectivity index (χ3n) is 4.80. The molecule has 25 heavy (non-hydrogen) atoms. The second-order valence-electron chi connectivity index (χ2n) is 6.45. The van der Waals surface area contributed by atoms with E-state index in [0.717, 1.165) is 28.6 Å². The lowest BCUT2D eigenvalue weighted by atomic mass is 9.94. The third-order valence-corrected chi connectivity index (χ3v) is 5.76. The lowest BCUT2D eigenvalue weighted by Crippen LogP contribution is -2.41. The van der Waals surface area contributed by atoms with Gasteiger partial charge in [0.1, 0.15) is 11.4 Å². The van der Waals surface area contributed by atoms with Crippen LogP contribution >= 0.6 is 28.1 Å². The Morgan fingerprint density at radius 2 is 2.04 bits per heavy atom. The van der Waals surface area contributed by atoms with Gasteiger partial charge < -0.3 is 9.64 Å². The van der Waals surface area contributed by atoms with Crippen LogP contribution in [0.15, 0.2) is 28.4 Å². The molecule has 1 heterocycles. The smallest absolute Gasteiger partial charge is 0.277 e. The van der Waals surface area contributed by atoms with Crippen molar-refractivity contribution < 1.29 is 9.53 Å². The molecule has 1 aliphatic carbocycles. The summed E-state index contributed by atoms with van der Waals surface area (Å²) in [4.78, 5) is 16.7. The highest BCUT2D eigenvalue weighted by Gasteiger charge is 2.40. The highest BCUT2D eigenvalue weighted by molar-refractivity contribution is 9.10. The first kappa shape index (κ1) is 18.4. The van der Waals surface area contributed by atoms with Crippen LogP contribution in [-0.2, 0) is 4.79 Å². The molecule has 3 rings (SSSR count). The number of rotatable bonds is 4. The maximum absolute atomic E-state index is 13.1. The van der Waals surface area contributed by atoms with Crippen molar-refractivity contribution in [2.24, 2.45) is 0 Å². The first-order chi connectivity index (χ1) is 12.0. The number of hydrogen-bond donors (Lipinski definition) is 0. The Morgan fingerprint density at radius 1 is 1.32 bits per heavy atom. The lowest BCUT2D eigenvalue weighted by Gasteiger charge is -2.30. The van der Waals surface area contributed by atoms with Gasteiger partial charge in [-0.3, -0.25) is 9.69 Å². The minimum absolute atomic E-state index is 0.00169. The number of carbonyl (C=O) groups is 1. The molecule has 0 atom stereocenters. The molecule has 4 nitrogen and oxygen atoms in total. The Labute approximate surface area is 162 Å². The summed E-state index contributed by atoms with van der Waals surface area (Å²) in [5.41, 5.74) is 1.48. The number of amides is 1. The van der Waals surface area contributed by atoms with Crippen LogP contribution in [0.25, 0.3) is 6.08 Å². The predicted octanol–water partition coefficient (Wildman–Crippen LogP) is 4.58. The van der Waals surface area contributed by atoms with Crippen LogP contribution in [0, 0.1) is 0 Å². The highest BCUT2D eigenvalue weighted by atomic mass is 79.9. The summed E-state index contributed by atoms with van der Waals surface area (Å²) in [5, 5.41) is 0.608. The molecular formula is C19H23BrN2O2S. The van der Waals surface area contributed by atoms with Crippen molar-refractivity contribution in [2.45, 2.75) is 45.1 Å². The van der Waals surface area contributed by atoms with E-state index < -0.39 is 0 Å². The van der Waals surface area contributed by atoms with Crippen molar-refractivity contribution in [1.29, 1.82) is 0 Å². The fourth-order valence-electron chi connectivity index (χ4n) is 3.50. The fraction of sp³-hybridized carbons (Fsp3) is 0.474. The van der Waals surface area contributed by atoms with Crippen LogP contribution in [0.4, 0.5) is 0 Å². The molecule has 1 saturated carbocycles. The first-order valence-corrected chi connectivity index (χ1v) is 9.98. The van der Waals surface area contributed by atoms with Crippen molar-refractivity contribution in [3.63, 3.8) is 0 Å². The Hall–Kier alpha value is -1.40. The van der Waals surface area contributed by atoms with Crippen molar-refractivity contribution in [3.8, 4) is 5.75 Å². The molecule has 0 N–H and O–H groups in total. The molecule has 1 saturated heterocycles. The van der Waals surface area contributed by atoms with Crippen molar-refractivity contribution in [1.82, 2.24) is 9.80 Å². The molecule has 0 spiro atoms. The summed E-state index contributed by atoms with van der Waals surface area (Å²) in [6, 6.07) is 6.05. The number of halogens is 1. The van der Waals surface area contributed by atoms with Crippen molar-refractivity contribution in [2.75, 3.05) is 13.7 Å². The zero-order valence-electron chi connectivity index (χ0n) is 14.6. The van der Waals surface area contributed by atoms with Gasteiger partial charge in [0.2, 0.25) is 0 Å². The largest absolute Gasteiger partial charge is 0.493 e. The maximum atomic E-state index is 13.1. The van der Waals surface area contributed by atoms with E-state index in [-0.39, 0.29) is 11.9 Å². The van der Waals surface area contributed by atoms with E-state index in [1.165, 1.54) is 19.3 Å². The summed E-state index contributed by atoms with van der Waals surface area (Å²) < 4.78 is 6.65. The van der Waals surface area contributed by atoms with Crippen LogP contribution < -0.4 is 4.74 Å². The Kier molecular flexibility index (Phi) is 5.79. The van der Waals surface area contributed by atoms with E-state index in [2.05, 4.69) is 15.9 Å². The number of thiocarbonyl (C=S) groups is 1. The van der Waals surface area contributed by atoms with Gasteiger partial charge >= 0.3 is 0 Å². The molecule has 2 aliphatic rings. The normalized spacial score (nSPS) is 20.7. The van der Waals surface area contributed by atoms with Gasteiger partial charge in [-0.25, -0.2) is 0 Å². The van der Waals surface area contributed by atoms with Crippen LogP contribution in [0.2, 0.25) is 0 Å². The molecule has 0 bridgehead atoms. The van der Waals surface area contributed by atoms with Crippen LogP contribution in [0.5, 0.6) is 5.75 Å². The van der Waals surface area contributed by atoms with Crippen molar-refractivity contribution >= 4 is 45.2 Å². The van der Waals surface area contributed by atoms with E-state index in [0.29, 0.717) is 17.4 Å². The number of ether oxygens (including phenoxy) is 1. The van der Waals surface area contributed by atoms with Gasteiger partial charge in [-0.2, -0.15) is 0 Å². The highest BCUT2D eigenvalue weighted by Crippen LogP contribution is 2.32. The fourth-order valence-corrected chi connectivity index (χ4v) is 4.21. The second-order valence-corrected chi connectivity index (χ2v) is 7.73. The summed E-state index contributed by atoms with van der Waals surface area (Å²) in [7, 11) is 1.87. The van der Waals surface area contributed by atoms with E-state index in [1.54, 1.807) is 0 Å². The van der Waals surface area contributed by atoms with Crippen molar-refractivity contribution in [3.05, 3.63) is 33.9 Å². The zero-order valence-corrected chi connectivity index (χ0v) is 17.0. The number of nitrogens with zero attached hydrogens (tertiary/aromatic N) is 2. The lowest BCUT2D eigenvalue weighted by molar-refractivity contribution is -0.124.